The normalized spacial score (nSPS) is 22.7. The van der Waals surface area contributed by atoms with Gasteiger partial charge in [0.1, 0.15) is 23.3 Å². The molecule has 1 aliphatic rings. The molecular formula is C21H24ClFN2O3. The maximum atomic E-state index is 13.6. The third kappa shape index (κ3) is 5.22. The minimum atomic E-state index is -1.02. The molecule has 0 bridgehead atoms. The predicted octanol–water partition coefficient (Wildman–Crippen LogP) is 3.63. The fraction of sp³-hybridized carbons (Fsp3) is 0.381. The second kappa shape index (κ2) is 8.47. The fourth-order valence-corrected chi connectivity index (χ4v) is 3.33. The third-order valence-electron chi connectivity index (χ3n) is 4.95. The van der Waals surface area contributed by atoms with Gasteiger partial charge in [0.2, 0.25) is 5.91 Å². The van der Waals surface area contributed by atoms with E-state index >= 15 is 0 Å². The van der Waals surface area contributed by atoms with Crippen molar-refractivity contribution in [3.05, 3.63) is 58.9 Å². The summed E-state index contributed by atoms with van der Waals surface area (Å²) >= 11 is 6.00. The molecule has 0 spiro atoms. The van der Waals surface area contributed by atoms with Crippen LogP contribution in [0.2, 0.25) is 5.02 Å². The van der Waals surface area contributed by atoms with Gasteiger partial charge in [-0.1, -0.05) is 23.7 Å². The highest BCUT2D eigenvalue weighted by Crippen LogP contribution is 2.28. The molecule has 0 aromatic heterocycles. The lowest BCUT2D eigenvalue weighted by Gasteiger charge is -2.42. The van der Waals surface area contributed by atoms with E-state index in [0.717, 1.165) is 0 Å². The van der Waals surface area contributed by atoms with Gasteiger partial charge >= 0.3 is 0 Å². The van der Waals surface area contributed by atoms with Crippen LogP contribution in [0.5, 0.6) is 5.75 Å². The zero-order chi connectivity index (χ0) is 20.3. The van der Waals surface area contributed by atoms with E-state index in [9.17, 15) is 14.3 Å². The van der Waals surface area contributed by atoms with Crippen LogP contribution in [-0.4, -0.2) is 47.3 Å². The van der Waals surface area contributed by atoms with Crippen LogP contribution in [0.4, 0.5) is 10.1 Å². The molecule has 0 saturated carbocycles. The molecule has 2 N–H and O–H groups in total. The fourth-order valence-electron chi connectivity index (χ4n) is 3.15. The number of hydrogen-bond acceptors (Lipinski definition) is 4. The van der Waals surface area contributed by atoms with Gasteiger partial charge in [-0.2, -0.15) is 0 Å². The topological polar surface area (TPSA) is 61.8 Å². The van der Waals surface area contributed by atoms with Crippen LogP contribution in [-0.2, 0) is 4.79 Å². The molecule has 1 saturated heterocycles. The first-order valence-corrected chi connectivity index (χ1v) is 9.54. The summed E-state index contributed by atoms with van der Waals surface area (Å²) in [6.07, 6.45) is -0.0469. The number of likely N-dealkylation sites (tertiary alicyclic amines) is 1. The standard InChI is InChI=1S/C21H24ClFN2O3/c1-14-6-7-16(11-18(14)23)24-20(26)13-25-9-8-21(2,27)19(12-25)28-17-5-3-4-15(22)10-17/h3-7,10-11,19,27H,8-9,12-13H2,1-2H3,(H,24,26)/t19-,21-/m0/s1. The average Bonchev–Trinajstić information content (AvgIpc) is 2.61. The first-order chi connectivity index (χ1) is 13.2. The first kappa shape index (κ1) is 20.6. The summed E-state index contributed by atoms with van der Waals surface area (Å²) in [5.41, 5.74) is -0.0730. The number of aryl methyl sites for hydroxylation is 1. The summed E-state index contributed by atoms with van der Waals surface area (Å²) in [7, 11) is 0. The number of aliphatic hydroxyl groups is 1. The van der Waals surface area contributed by atoms with E-state index in [2.05, 4.69) is 5.32 Å². The predicted molar refractivity (Wildman–Crippen MR) is 107 cm³/mol. The van der Waals surface area contributed by atoms with Gasteiger partial charge in [0.05, 0.1) is 6.54 Å². The Morgan fingerprint density at radius 2 is 2.18 bits per heavy atom. The number of ether oxygens (including phenoxy) is 1. The summed E-state index contributed by atoms with van der Waals surface area (Å²) in [5.74, 6) is -0.0349. The van der Waals surface area contributed by atoms with Crippen molar-refractivity contribution in [2.24, 2.45) is 0 Å². The number of nitrogens with one attached hydrogen (secondary N) is 1. The number of carbonyl (C=O) groups excluding carboxylic acids is 1. The van der Waals surface area contributed by atoms with E-state index in [-0.39, 0.29) is 18.3 Å². The van der Waals surface area contributed by atoms with E-state index < -0.39 is 11.7 Å². The van der Waals surface area contributed by atoms with Gasteiger partial charge < -0.3 is 15.2 Å². The second-order valence-electron chi connectivity index (χ2n) is 7.42. The van der Waals surface area contributed by atoms with Crippen molar-refractivity contribution < 1.29 is 19.0 Å². The lowest BCUT2D eigenvalue weighted by atomic mass is 9.90. The summed E-state index contributed by atoms with van der Waals surface area (Å²) in [4.78, 5) is 14.3. The van der Waals surface area contributed by atoms with E-state index in [4.69, 9.17) is 16.3 Å². The Bertz CT molecular complexity index is 859. The van der Waals surface area contributed by atoms with E-state index in [1.54, 1.807) is 50.2 Å². The molecule has 0 unspecified atom stereocenters. The molecule has 28 heavy (non-hydrogen) atoms. The highest BCUT2D eigenvalue weighted by atomic mass is 35.5. The number of hydrogen-bond donors (Lipinski definition) is 2. The van der Waals surface area contributed by atoms with Gasteiger partial charge in [0.25, 0.3) is 0 Å². The molecule has 150 valence electrons. The number of anilines is 1. The molecule has 2 aromatic rings. The van der Waals surface area contributed by atoms with Crippen molar-refractivity contribution in [3.63, 3.8) is 0 Å². The van der Waals surface area contributed by atoms with Gasteiger partial charge in [0, 0.05) is 23.8 Å². The lowest BCUT2D eigenvalue weighted by Crippen LogP contribution is -2.57. The van der Waals surface area contributed by atoms with Crippen LogP contribution < -0.4 is 10.1 Å². The Balaban J connectivity index is 1.61. The number of carbonyl (C=O) groups is 1. The largest absolute Gasteiger partial charge is 0.486 e. The number of benzene rings is 2. The number of amides is 1. The SMILES string of the molecule is Cc1ccc(NC(=O)CN2CC[C@](C)(O)[C@@H](Oc3cccc(Cl)c3)C2)cc1F. The molecule has 0 aliphatic carbocycles. The first-order valence-electron chi connectivity index (χ1n) is 9.16. The third-order valence-corrected chi connectivity index (χ3v) is 5.18. The zero-order valence-corrected chi connectivity index (χ0v) is 16.7. The summed E-state index contributed by atoms with van der Waals surface area (Å²) in [6.45, 7) is 4.46. The molecule has 1 heterocycles. The monoisotopic (exact) mass is 406 g/mol. The van der Waals surface area contributed by atoms with Crippen LogP contribution >= 0.6 is 11.6 Å². The Labute approximate surface area is 169 Å². The second-order valence-corrected chi connectivity index (χ2v) is 7.85. The molecule has 2 aromatic carbocycles. The smallest absolute Gasteiger partial charge is 0.238 e. The van der Waals surface area contributed by atoms with E-state index in [1.807, 2.05) is 4.90 Å². The molecule has 0 radical (unpaired) electrons. The van der Waals surface area contributed by atoms with Gasteiger partial charge in [-0.05, 0) is 56.2 Å². The average molecular weight is 407 g/mol. The molecule has 1 amide bonds. The molecule has 3 rings (SSSR count). The molecule has 1 fully saturated rings. The van der Waals surface area contributed by atoms with Crippen LogP contribution in [0.15, 0.2) is 42.5 Å². The molecular weight excluding hydrogens is 383 g/mol. The lowest BCUT2D eigenvalue weighted by molar-refractivity contribution is -0.122. The van der Waals surface area contributed by atoms with Crippen molar-refractivity contribution >= 4 is 23.2 Å². The number of halogens is 2. The summed E-state index contributed by atoms with van der Waals surface area (Å²) in [5, 5.41) is 13.9. The van der Waals surface area contributed by atoms with Gasteiger partial charge in [-0.25, -0.2) is 4.39 Å². The number of piperidine rings is 1. The highest BCUT2D eigenvalue weighted by molar-refractivity contribution is 6.30. The molecule has 5 nitrogen and oxygen atoms in total. The maximum absolute atomic E-state index is 13.6. The minimum absolute atomic E-state index is 0.126. The van der Waals surface area contributed by atoms with Crippen molar-refractivity contribution in [1.82, 2.24) is 4.90 Å². The van der Waals surface area contributed by atoms with Crippen LogP contribution in [0.3, 0.4) is 0 Å². The van der Waals surface area contributed by atoms with Gasteiger partial charge in [0.15, 0.2) is 0 Å². The van der Waals surface area contributed by atoms with Gasteiger partial charge in [-0.15, -0.1) is 0 Å². The number of rotatable bonds is 5. The Hall–Kier alpha value is -2.15. The quantitative estimate of drug-likeness (QED) is 0.796. The summed E-state index contributed by atoms with van der Waals surface area (Å²) < 4.78 is 19.6. The van der Waals surface area contributed by atoms with Gasteiger partial charge in [-0.3, -0.25) is 9.69 Å². The van der Waals surface area contributed by atoms with E-state index in [1.165, 1.54) is 6.07 Å². The Morgan fingerprint density at radius 3 is 2.89 bits per heavy atom. The van der Waals surface area contributed by atoms with Crippen molar-refractivity contribution in [2.45, 2.75) is 32.0 Å². The van der Waals surface area contributed by atoms with Crippen molar-refractivity contribution in [1.29, 1.82) is 0 Å². The number of nitrogens with zero attached hydrogens (tertiary/aromatic N) is 1. The highest BCUT2D eigenvalue weighted by Gasteiger charge is 2.39. The molecule has 2 atom stereocenters. The molecule has 1 aliphatic heterocycles. The van der Waals surface area contributed by atoms with Crippen molar-refractivity contribution in [2.75, 3.05) is 25.0 Å². The van der Waals surface area contributed by atoms with Crippen LogP contribution in [0.1, 0.15) is 18.9 Å². The van der Waals surface area contributed by atoms with E-state index in [0.29, 0.717) is 41.5 Å². The maximum Gasteiger partial charge on any atom is 0.238 e. The van der Waals surface area contributed by atoms with Crippen LogP contribution in [0, 0.1) is 12.7 Å². The Kier molecular flexibility index (Phi) is 6.23. The summed E-state index contributed by atoms with van der Waals surface area (Å²) in [6, 6.07) is 11.6. The zero-order valence-electron chi connectivity index (χ0n) is 15.9. The Morgan fingerprint density at radius 1 is 1.39 bits per heavy atom. The molecule has 7 heteroatoms. The van der Waals surface area contributed by atoms with Crippen molar-refractivity contribution in [3.8, 4) is 5.75 Å². The van der Waals surface area contributed by atoms with Crippen LogP contribution in [0.25, 0.3) is 0 Å². The minimum Gasteiger partial charge on any atom is -0.486 e.